The Hall–Kier alpha value is -3.67. The molecule has 0 bridgehead atoms. The lowest BCUT2D eigenvalue weighted by molar-refractivity contribution is -0.384. The number of benzene rings is 2. The molecule has 0 heterocycles. The second-order valence-electron chi connectivity index (χ2n) is 10.0. The Morgan fingerprint density at radius 2 is 1.74 bits per heavy atom. The number of carbonyl (C=O) groups is 2. The van der Waals surface area contributed by atoms with Gasteiger partial charge in [-0.2, -0.15) is 0 Å². The van der Waals surface area contributed by atoms with Crippen LogP contribution < -0.4 is 14.4 Å². The normalized spacial score (nSPS) is 12.4. The zero-order valence-corrected chi connectivity index (χ0v) is 23.7. The summed E-state index contributed by atoms with van der Waals surface area (Å²) in [5, 5.41) is 14.2. The number of methoxy groups -OCH3 is 1. The van der Waals surface area contributed by atoms with Crippen molar-refractivity contribution in [3.63, 3.8) is 0 Å². The van der Waals surface area contributed by atoms with E-state index in [1.165, 1.54) is 24.1 Å². The van der Waals surface area contributed by atoms with E-state index in [1.807, 2.05) is 20.8 Å². The number of rotatable bonds is 11. The Morgan fingerprint density at radius 3 is 2.21 bits per heavy atom. The standard InChI is InChI=1S/C26H36N4O7S/c1-8-22(25(32)27-26(3,4)5)28(16-19-10-13-21(37-6)14-11-19)24(31)17-29(38(7,35)36)23-15-20(30(33)34)12-9-18(23)2/h9-15,22H,8,16-17H2,1-7H3,(H,27,32)/t22-/m0/s1. The molecular weight excluding hydrogens is 512 g/mol. The molecule has 2 amide bonds. The molecule has 0 aliphatic rings. The highest BCUT2D eigenvalue weighted by Crippen LogP contribution is 2.28. The molecule has 0 aliphatic heterocycles. The number of sulfonamides is 1. The minimum atomic E-state index is -4.03. The van der Waals surface area contributed by atoms with Crippen LogP contribution in [-0.2, 0) is 26.2 Å². The third-order valence-electron chi connectivity index (χ3n) is 5.75. The van der Waals surface area contributed by atoms with Crippen LogP contribution in [0.3, 0.4) is 0 Å². The zero-order valence-electron chi connectivity index (χ0n) is 22.8. The quantitative estimate of drug-likeness (QED) is 0.335. The van der Waals surface area contributed by atoms with Crippen LogP contribution in [-0.4, -0.2) is 61.5 Å². The second-order valence-corrected chi connectivity index (χ2v) is 11.9. The molecule has 0 fully saturated rings. The fraction of sp³-hybridized carbons (Fsp3) is 0.462. The van der Waals surface area contributed by atoms with Crippen molar-refractivity contribution in [2.75, 3.05) is 24.2 Å². The number of ether oxygens (including phenoxy) is 1. The molecule has 0 spiro atoms. The number of carbonyl (C=O) groups excluding carboxylic acids is 2. The molecule has 0 saturated carbocycles. The SMILES string of the molecule is CC[C@@H](C(=O)NC(C)(C)C)N(Cc1ccc(OC)cc1)C(=O)CN(c1cc([N+](=O)[O-])ccc1C)S(C)(=O)=O. The summed E-state index contributed by atoms with van der Waals surface area (Å²) in [4.78, 5) is 39.1. The van der Waals surface area contributed by atoms with Gasteiger partial charge in [-0.3, -0.25) is 24.0 Å². The first-order valence-electron chi connectivity index (χ1n) is 12.0. The van der Waals surface area contributed by atoms with Crippen LogP contribution in [0.4, 0.5) is 11.4 Å². The molecule has 11 nitrogen and oxygen atoms in total. The molecule has 0 unspecified atom stereocenters. The second kappa shape index (κ2) is 12.2. The maximum absolute atomic E-state index is 13.8. The fourth-order valence-corrected chi connectivity index (χ4v) is 4.77. The molecular formula is C26H36N4O7S. The smallest absolute Gasteiger partial charge is 0.271 e. The summed E-state index contributed by atoms with van der Waals surface area (Å²) in [5.74, 6) is -0.388. The first-order chi connectivity index (χ1) is 17.6. The van der Waals surface area contributed by atoms with Crippen LogP contribution in [0.5, 0.6) is 5.75 Å². The fourth-order valence-electron chi connectivity index (χ4n) is 3.87. The summed E-state index contributed by atoms with van der Waals surface area (Å²) in [7, 11) is -2.50. The summed E-state index contributed by atoms with van der Waals surface area (Å²) < 4.78 is 31.6. The number of non-ortho nitro benzene ring substituents is 1. The van der Waals surface area contributed by atoms with E-state index in [9.17, 15) is 28.1 Å². The highest BCUT2D eigenvalue weighted by Gasteiger charge is 2.33. The number of nitro benzene ring substituents is 1. The molecule has 1 N–H and O–H groups in total. The average molecular weight is 549 g/mol. The Labute approximate surface area is 224 Å². The molecule has 1 atom stereocenters. The van der Waals surface area contributed by atoms with Crippen molar-refractivity contribution >= 4 is 33.2 Å². The van der Waals surface area contributed by atoms with E-state index in [0.717, 1.165) is 16.6 Å². The maximum Gasteiger partial charge on any atom is 0.271 e. The van der Waals surface area contributed by atoms with Gasteiger partial charge in [0, 0.05) is 24.2 Å². The average Bonchev–Trinajstić information content (AvgIpc) is 2.81. The van der Waals surface area contributed by atoms with Crippen molar-refractivity contribution < 1.29 is 27.7 Å². The van der Waals surface area contributed by atoms with Crippen molar-refractivity contribution in [3.8, 4) is 5.75 Å². The van der Waals surface area contributed by atoms with Crippen molar-refractivity contribution in [2.45, 2.75) is 59.2 Å². The number of hydrogen-bond donors (Lipinski definition) is 1. The van der Waals surface area contributed by atoms with Crippen LogP contribution in [0.25, 0.3) is 0 Å². The molecule has 0 aliphatic carbocycles. The molecule has 2 aromatic carbocycles. The van der Waals surface area contributed by atoms with E-state index >= 15 is 0 Å². The Balaban J connectivity index is 2.54. The minimum Gasteiger partial charge on any atom is -0.497 e. The van der Waals surface area contributed by atoms with E-state index in [4.69, 9.17) is 4.74 Å². The van der Waals surface area contributed by atoms with Crippen LogP contribution in [0, 0.1) is 17.0 Å². The molecule has 208 valence electrons. The molecule has 38 heavy (non-hydrogen) atoms. The predicted molar refractivity (Wildman–Crippen MR) is 146 cm³/mol. The van der Waals surface area contributed by atoms with Crippen molar-refractivity contribution in [1.82, 2.24) is 10.2 Å². The molecule has 2 aromatic rings. The van der Waals surface area contributed by atoms with Gasteiger partial charge in [0.15, 0.2) is 0 Å². The van der Waals surface area contributed by atoms with Gasteiger partial charge in [-0.05, 0) is 57.4 Å². The van der Waals surface area contributed by atoms with Crippen LogP contribution in [0.1, 0.15) is 45.2 Å². The number of nitrogens with zero attached hydrogens (tertiary/aromatic N) is 3. The van der Waals surface area contributed by atoms with Gasteiger partial charge >= 0.3 is 0 Å². The van der Waals surface area contributed by atoms with E-state index in [-0.39, 0.29) is 30.2 Å². The van der Waals surface area contributed by atoms with E-state index in [2.05, 4.69) is 5.32 Å². The van der Waals surface area contributed by atoms with Crippen LogP contribution >= 0.6 is 0 Å². The molecule has 0 radical (unpaired) electrons. The van der Waals surface area contributed by atoms with Crippen molar-refractivity contribution in [1.29, 1.82) is 0 Å². The molecule has 12 heteroatoms. The predicted octanol–water partition coefficient (Wildman–Crippen LogP) is 3.40. The van der Waals surface area contributed by atoms with Crippen LogP contribution in [0.15, 0.2) is 42.5 Å². The monoisotopic (exact) mass is 548 g/mol. The lowest BCUT2D eigenvalue weighted by atomic mass is 10.1. The van der Waals surface area contributed by atoms with E-state index in [0.29, 0.717) is 16.9 Å². The van der Waals surface area contributed by atoms with Gasteiger partial charge in [-0.15, -0.1) is 0 Å². The number of nitrogens with one attached hydrogen (secondary N) is 1. The molecule has 0 saturated heterocycles. The highest BCUT2D eigenvalue weighted by atomic mass is 32.2. The van der Waals surface area contributed by atoms with Crippen molar-refractivity contribution in [2.24, 2.45) is 0 Å². The lowest BCUT2D eigenvalue weighted by Crippen LogP contribution is -2.55. The third-order valence-corrected chi connectivity index (χ3v) is 6.87. The van der Waals surface area contributed by atoms with Gasteiger partial charge in [-0.25, -0.2) is 8.42 Å². The van der Waals surface area contributed by atoms with Gasteiger partial charge < -0.3 is 15.0 Å². The first kappa shape index (κ1) is 30.6. The third kappa shape index (κ3) is 8.17. The number of anilines is 1. The van der Waals surface area contributed by atoms with E-state index in [1.54, 1.807) is 38.1 Å². The van der Waals surface area contributed by atoms with Gasteiger partial charge in [0.25, 0.3) is 5.69 Å². The summed E-state index contributed by atoms with van der Waals surface area (Å²) in [5.41, 5.74) is 0.300. The van der Waals surface area contributed by atoms with E-state index < -0.39 is 39.0 Å². The highest BCUT2D eigenvalue weighted by molar-refractivity contribution is 7.92. The van der Waals surface area contributed by atoms with Crippen LogP contribution in [0.2, 0.25) is 0 Å². The number of hydrogen-bond acceptors (Lipinski definition) is 7. The number of aryl methyl sites for hydroxylation is 1. The Morgan fingerprint density at radius 1 is 1.13 bits per heavy atom. The largest absolute Gasteiger partial charge is 0.497 e. The number of amides is 2. The summed E-state index contributed by atoms with van der Waals surface area (Å²) >= 11 is 0. The number of nitro groups is 1. The summed E-state index contributed by atoms with van der Waals surface area (Å²) in [6, 6.07) is 9.89. The maximum atomic E-state index is 13.8. The topological polar surface area (TPSA) is 139 Å². The molecule has 0 aromatic heterocycles. The van der Waals surface area contributed by atoms with Crippen molar-refractivity contribution in [3.05, 3.63) is 63.7 Å². The lowest BCUT2D eigenvalue weighted by Gasteiger charge is -2.34. The summed E-state index contributed by atoms with van der Waals surface area (Å²) in [6.45, 7) is 8.22. The summed E-state index contributed by atoms with van der Waals surface area (Å²) in [6.07, 6.45) is 1.20. The Bertz CT molecular complexity index is 1270. The first-order valence-corrected chi connectivity index (χ1v) is 13.9. The van der Waals surface area contributed by atoms with Gasteiger partial charge in [0.2, 0.25) is 21.8 Å². The van der Waals surface area contributed by atoms with Gasteiger partial charge in [0.05, 0.1) is 24.0 Å². The van der Waals surface area contributed by atoms with Gasteiger partial charge in [0.1, 0.15) is 18.3 Å². The molecule has 2 rings (SSSR count). The zero-order chi connectivity index (χ0) is 28.8. The minimum absolute atomic E-state index is 0.0200. The Kier molecular flexibility index (Phi) is 9.85. The van der Waals surface area contributed by atoms with Gasteiger partial charge in [-0.1, -0.05) is 25.1 Å².